The van der Waals surface area contributed by atoms with Gasteiger partial charge in [0.15, 0.2) is 0 Å². The Bertz CT molecular complexity index is 860. The predicted octanol–water partition coefficient (Wildman–Crippen LogP) is 3.03. The molecule has 1 atom stereocenters. The summed E-state index contributed by atoms with van der Waals surface area (Å²) >= 11 is 6.09. The normalized spacial score (nSPS) is 17.3. The Morgan fingerprint density at radius 3 is 2.79 bits per heavy atom. The number of carbonyl (C=O) groups excluding carboxylic acids is 1. The predicted molar refractivity (Wildman–Crippen MR) is 93.4 cm³/mol. The highest BCUT2D eigenvalue weighted by atomic mass is 35.5. The topological polar surface area (TPSA) is 55.2 Å². The van der Waals surface area contributed by atoms with Crippen molar-refractivity contribution in [1.82, 2.24) is 14.7 Å². The molecule has 0 saturated carbocycles. The summed E-state index contributed by atoms with van der Waals surface area (Å²) in [6.07, 6.45) is 1.78. The van der Waals surface area contributed by atoms with Gasteiger partial charge >= 0.3 is 0 Å². The SMILES string of the molecule is Cc1nn(C)c(=O)c(C(=O)N2CCC[C@H]2c2cccc(Cl)c2)c1C. The van der Waals surface area contributed by atoms with E-state index in [2.05, 4.69) is 5.10 Å². The van der Waals surface area contributed by atoms with Crippen molar-refractivity contribution < 1.29 is 4.79 Å². The Morgan fingerprint density at radius 1 is 1.33 bits per heavy atom. The number of aromatic nitrogens is 2. The first-order valence-electron chi connectivity index (χ1n) is 8.01. The second kappa shape index (κ2) is 6.40. The molecule has 6 heteroatoms. The van der Waals surface area contributed by atoms with Gasteiger partial charge in [-0.25, -0.2) is 4.68 Å². The van der Waals surface area contributed by atoms with Crippen molar-refractivity contribution in [2.45, 2.75) is 32.7 Å². The third-order valence-electron chi connectivity index (χ3n) is 4.69. The number of nitrogens with zero attached hydrogens (tertiary/aromatic N) is 3. The average Bonchev–Trinajstić information content (AvgIpc) is 3.03. The molecule has 24 heavy (non-hydrogen) atoms. The number of aryl methyl sites for hydroxylation is 2. The van der Waals surface area contributed by atoms with Crippen LogP contribution in [0, 0.1) is 13.8 Å². The number of carbonyl (C=O) groups is 1. The molecule has 0 bridgehead atoms. The summed E-state index contributed by atoms with van der Waals surface area (Å²) in [7, 11) is 1.57. The first-order valence-corrected chi connectivity index (χ1v) is 8.39. The van der Waals surface area contributed by atoms with E-state index in [1.54, 1.807) is 18.9 Å². The molecule has 0 unspecified atom stereocenters. The van der Waals surface area contributed by atoms with Gasteiger partial charge in [-0.3, -0.25) is 9.59 Å². The van der Waals surface area contributed by atoms with E-state index in [1.807, 2.05) is 31.2 Å². The molecule has 0 N–H and O–H groups in total. The van der Waals surface area contributed by atoms with Crippen LogP contribution in [0.2, 0.25) is 5.02 Å². The number of halogens is 1. The van der Waals surface area contributed by atoms with Gasteiger partial charge in [0.05, 0.1) is 11.7 Å². The highest BCUT2D eigenvalue weighted by molar-refractivity contribution is 6.30. The van der Waals surface area contributed by atoms with Crippen molar-refractivity contribution >= 4 is 17.5 Å². The minimum absolute atomic E-state index is 0.0474. The molecular formula is C18H20ClN3O2. The zero-order chi connectivity index (χ0) is 17.4. The van der Waals surface area contributed by atoms with Gasteiger partial charge in [0, 0.05) is 18.6 Å². The number of amides is 1. The molecule has 1 aromatic carbocycles. The van der Waals surface area contributed by atoms with E-state index in [0.29, 0.717) is 22.8 Å². The largest absolute Gasteiger partial charge is 0.331 e. The lowest BCUT2D eigenvalue weighted by atomic mass is 10.0. The van der Waals surface area contributed by atoms with Gasteiger partial charge in [0.1, 0.15) is 5.56 Å². The molecule has 0 radical (unpaired) electrons. The number of benzene rings is 1. The van der Waals surface area contributed by atoms with E-state index in [1.165, 1.54) is 4.68 Å². The molecule has 2 heterocycles. The second-order valence-electron chi connectivity index (χ2n) is 6.23. The van der Waals surface area contributed by atoms with Crippen molar-refractivity contribution in [3.63, 3.8) is 0 Å². The molecule has 1 saturated heterocycles. The third kappa shape index (κ3) is 2.84. The molecule has 1 aliphatic rings. The summed E-state index contributed by atoms with van der Waals surface area (Å²) in [5, 5.41) is 4.80. The van der Waals surface area contributed by atoms with Crippen LogP contribution >= 0.6 is 11.6 Å². The summed E-state index contributed by atoms with van der Waals surface area (Å²) in [6, 6.07) is 7.53. The third-order valence-corrected chi connectivity index (χ3v) is 4.92. The van der Waals surface area contributed by atoms with Crippen molar-refractivity contribution in [3.8, 4) is 0 Å². The first kappa shape index (κ1) is 16.7. The lowest BCUT2D eigenvalue weighted by molar-refractivity contribution is 0.0731. The molecule has 5 nitrogen and oxygen atoms in total. The minimum atomic E-state index is -0.347. The molecule has 0 aliphatic carbocycles. The zero-order valence-corrected chi connectivity index (χ0v) is 14.8. The maximum Gasteiger partial charge on any atom is 0.279 e. The van der Waals surface area contributed by atoms with Gasteiger partial charge in [0.25, 0.3) is 11.5 Å². The van der Waals surface area contributed by atoms with Gasteiger partial charge in [-0.2, -0.15) is 5.10 Å². The van der Waals surface area contributed by atoms with Crippen molar-refractivity contribution in [2.75, 3.05) is 6.54 Å². The van der Waals surface area contributed by atoms with Crippen LogP contribution in [0.5, 0.6) is 0 Å². The first-order chi connectivity index (χ1) is 11.4. The molecule has 2 aromatic rings. The monoisotopic (exact) mass is 345 g/mol. The maximum atomic E-state index is 13.1. The van der Waals surface area contributed by atoms with Gasteiger partial charge < -0.3 is 4.90 Å². The van der Waals surface area contributed by atoms with E-state index in [0.717, 1.165) is 18.4 Å². The van der Waals surface area contributed by atoms with Crippen LogP contribution in [0.15, 0.2) is 29.1 Å². The van der Waals surface area contributed by atoms with Crippen LogP contribution in [0.4, 0.5) is 0 Å². The molecule has 1 amide bonds. The fourth-order valence-corrected chi connectivity index (χ4v) is 3.51. The van der Waals surface area contributed by atoms with E-state index >= 15 is 0 Å². The Labute approximate surface area is 145 Å². The Kier molecular flexibility index (Phi) is 4.45. The van der Waals surface area contributed by atoms with Crippen LogP contribution in [0.3, 0.4) is 0 Å². The van der Waals surface area contributed by atoms with Crippen LogP contribution in [-0.4, -0.2) is 27.1 Å². The Hall–Kier alpha value is -2.14. The fourth-order valence-electron chi connectivity index (χ4n) is 3.31. The molecular weight excluding hydrogens is 326 g/mol. The quantitative estimate of drug-likeness (QED) is 0.840. The average molecular weight is 346 g/mol. The molecule has 0 spiro atoms. The number of hydrogen-bond donors (Lipinski definition) is 0. The van der Waals surface area contributed by atoms with E-state index in [9.17, 15) is 9.59 Å². The van der Waals surface area contributed by atoms with Crippen LogP contribution in [-0.2, 0) is 7.05 Å². The zero-order valence-electron chi connectivity index (χ0n) is 14.0. The molecule has 3 rings (SSSR count). The van der Waals surface area contributed by atoms with Crippen molar-refractivity contribution in [1.29, 1.82) is 0 Å². The highest BCUT2D eigenvalue weighted by Gasteiger charge is 2.33. The van der Waals surface area contributed by atoms with Gasteiger partial charge in [0.2, 0.25) is 0 Å². The standard InChI is InChI=1S/C18H20ClN3O2/c1-11-12(2)20-21(3)17(23)16(11)18(24)22-9-5-8-15(22)13-6-4-7-14(19)10-13/h4,6-7,10,15H,5,8-9H2,1-3H3/t15-/m0/s1. The summed E-state index contributed by atoms with van der Waals surface area (Å²) in [4.78, 5) is 27.4. The maximum absolute atomic E-state index is 13.1. The number of likely N-dealkylation sites (tertiary alicyclic amines) is 1. The van der Waals surface area contributed by atoms with Gasteiger partial charge in [-0.15, -0.1) is 0 Å². The van der Waals surface area contributed by atoms with Crippen LogP contribution in [0.25, 0.3) is 0 Å². The number of rotatable bonds is 2. The van der Waals surface area contributed by atoms with E-state index in [-0.39, 0.29) is 23.1 Å². The molecule has 1 fully saturated rings. The Balaban J connectivity index is 2.03. The van der Waals surface area contributed by atoms with Crippen LogP contribution in [0.1, 0.15) is 46.1 Å². The Morgan fingerprint density at radius 2 is 2.08 bits per heavy atom. The van der Waals surface area contributed by atoms with Gasteiger partial charge in [-0.1, -0.05) is 23.7 Å². The lowest BCUT2D eigenvalue weighted by Crippen LogP contribution is -2.38. The smallest absolute Gasteiger partial charge is 0.279 e. The summed E-state index contributed by atoms with van der Waals surface area (Å²) in [6.45, 7) is 4.23. The second-order valence-corrected chi connectivity index (χ2v) is 6.66. The highest BCUT2D eigenvalue weighted by Crippen LogP contribution is 2.34. The molecule has 126 valence electrons. The summed E-state index contributed by atoms with van der Waals surface area (Å²) < 4.78 is 1.24. The minimum Gasteiger partial charge on any atom is -0.331 e. The van der Waals surface area contributed by atoms with Crippen molar-refractivity contribution in [3.05, 3.63) is 62.0 Å². The van der Waals surface area contributed by atoms with Gasteiger partial charge in [-0.05, 0) is 49.9 Å². The summed E-state index contributed by atoms with van der Waals surface area (Å²) in [5.74, 6) is -0.221. The fraction of sp³-hybridized carbons (Fsp3) is 0.389. The van der Waals surface area contributed by atoms with E-state index < -0.39 is 0 Å². The lowest BCUT2D eigenvalue weighted by Gasteiger charge is -2.26. The van der Waals surface area contributed by atoms with Crippen molar-refractivity contribution in [2.24, 2.45) is 7.05 Å². The molecule has 1 aromatic heterocycles. The van der Waals surface area contributed by atoms with E-state index in [4.69, 9.17) is 11.6 Å². The van der Waals surface area contributed by atoms with Crippen LogP contribution < -0.4 is 5.56 Å². The molecule has 1 aliphatic heterocycles. The number of hydrogen-bond acceptors (Lipinski definition) is 3. The summed E-state index contributed by atoms with van der Waals surface area (Å²) in [5.41, 5.74) is 2.23.